The zero-order valence-electron chi connectivity index (χ0n) is 12.5. The van der Waals surface area contributed by atoms with Gasteiger partial charge >= 0.3 is 0 Å². The van der Waals surface area contributed by atoms with Crippen molar-refractivity contribution in [3.8, 4) is 0 Å². The van der Waals surface area contributed by atoms with E-state index in [4.69, 9.17) is 16.3 Å². The Morgan fingerprint density at radius 1 is 1.00 bits per heavy atom. The van der Waals surface area contributed by atoms with Gasteiger partial charge in [0, 0.05) is 26.1 Å². The number of rotatable bonds is 11. The highest BCUT2D eigenvalue weighted by Crippen LogP contribution is 2.16. The number of ether oxygens (including phenoxy) is 1. The first-order valence-corrected chi connectivity index (χ1v) is 8.07. The van der Waals surface area contributed by atoms with Crippen molar-refractivity contribution in [1.82, 2.24) is 9.80 Å². The minimum atomic E-state index is -0.0986. The first kappa shape index (κ1) is 16.6. The van der Waals surface area contributed by atoms with Crippen LogP contribution < -0.4 is 0 Å². The van der Waals surface area contributed by atoms with Crippen LogP contribution in [0, 0.1) is 0 Å². The number of nitrogens with zero attached hydrogens (tertiary/aromatic N) is 2. The fraction of sp³-hybridized carbons (Fsp3) is 0.867. The van der Waals surface area contributed by atoms with Crippen LogP contribution in [0.15, 0.2) is 12.4 Å². The van der Waals surface area contributed by atoms with Gasteiger partial charge < -0.3 is 14.5 Å². The number of hydrogen-bond donors (Lipinski definition) is 0. The second kappa shape index (κ2) is 10.4. The van der Waals surface area contributed by atoms with Gasteiger partial charge in [0.05, 0.1) is 0 Å². The van der Waals surface area contributed by atoms with Crippen LogP contribution in [0.3, 0.4) is 0 Å². The Balaban J connectivity index is 1.83. The minimum absolute atomic E-state index is 0.0986. The van der Waals surface area contributed by atoms with Crippen LogP contribution >= 0.6 is 11.6 Å². The second-order valence-corrected chi connectivity index (χ2v) is 5.69. The fourth-order valence-electron chi connectivity index (χ4n) is 2.18. The third-order valence-electron chi connectivity index (χ3n) is 3.49. The maximum absolute atomic E-state index is 6.16. The highest BCUT2D eigenvalue weighted by Gasteiger charge is 2.19. The van der Waals surface area contributed by atoms with E-state index >= 15 is 0 Å². The first-order valence-electron chi connectivity index (χ1n) is 7.63. The number of unbranched alkanes of at least 4 members (excludes halogenated alkanes) is 7. The van der Waals surface area contributed by atoms with Gasteiger partial charge in [-0.2, -0.15) is 0 Å². The molecular formula is C15H29ClN2O. The molecule has 1 aliphatic heterocycles. The molecular weight excluding hydrogens is 260 g/mol. The van der Waals surface area contributed by atoms with E-state index in [2.05, 4.69) is 6.92 Å². The van der Waals surface area contributed by atoms with E-state index in [9.17, 15) is 0 Å². The van der Waals surface area contributed by atoms with E-state index in [1.807, 2.05) is 29.2 Å². The van der Waals surface area contributed by atoms with Gasteiger partial charge in [0.15, 0.2) is 5.62 Å². The van der Waals surface area contributed by atoms with Crippen molar-refractivity contribution in [3.05, 3.63) is 12.4 Å². The number of halogens is 1. The van der Waals surface area contributed by atoms with Crippen LogP contribution in [0.2, 0.25) is 0 Å². The molecule has 0 fully saturated rings. The lowest BCUT2D eigenvalue weighted by Crippen LogP contribution is -2.33. The summed E-state index contributed by atoms with van der Waals surface area (Å²) in [6, 6.07) is 0. The van der Waals surface area contributed by atoms with Crippen LogP contribution in [-0.2, 0) is 4.74 Å². The van der Waals surface area contributed by atoms with E-state index in [-0.39, 0.29) is 5.62 Å². The Morgan fingerprint density at radius 3 is 2.21 bits per heavy atom. The van der Waals surface area contributed by atoms with Crippen molar-refractivity contribution in [3.63, 3.8) is 0 Å². The predicted octanol–water partition coefficient (Wildman–Crippen LogP) is 4.34. The Kier molecular flexibility index (Phi) is 9.10. The normalized spacial score (nSPS) is 18.6. The summed E-state index contributed by atoms with van der Waals surface area (Å²) in [5, 5.41) is 0. The lowest BCUT2D eigenvalue weighted by molar-refractivity contribution is 0.0354. The topological polar surface area (TPSA) is 15.7 Å². The maximum atomic E-state index is 6.16. The van der Waals surface area contributed by atoms with E-state index in [1.54, 1.807) is 0 Å². The van der Waals surface area contributed by atoms with Gasteiger partial charge in [0.2, 0.25) is 0 Å². The Labute approximate surface area is 123 Å². The van der Waals surface area contributed by atoms with Gasteiger partial charge in [-0.1, -0.05) is 63.5 Å². The quantitative estimate of drug-likeness (QED) is 0.319. The molecule has 0 aromatic rings. The van der Waals surface area contributed by atoms with Gasteiger partial charge in [-0.05, 0) is 6.42 Å². The second-order valence-electron chi connectivity index (χ2n) is 5.30. The zero-order chi connectivity index (χ0) is 13.9. The molecule has 0 bridgehead atoms. The van der Waals surface area contributed by atoms with Crippen LogP contribution in [0.1, 0.15) is 58.3 Å². The molecule has 1 atom stereocenters. The molecule has 112 valence electrons. The molecule has 0 aliphatic carbocycles. The molecule has 1 rings (SSSR count). The molecule has 0 aromatic heterocycles. The smallest absolute Gasteiger partial charge is 0.181 e. The number of hydrogen-bond acceptors (Lipinski definition) is 3. The molecule has 0 radical (unpaired) electrons. The van der Waals surface area contributed by atoms with E-state index in [0.717, 1.165) is 13.0 Å². The van der Waals surface area contributed by atoms with Crippen LogP contribution in [0.25, 0.3) is 0 Å². The molecule has 0 spiro atoms. The van der Waals surface area contributed by atoms with Crippen molar-refractivity contribution < 1.29 is 4.74 Å². The van der Waals surface area contributed by atoms with E-state index in [1.165, 1.54) is 44.9 Å². The van der Waals surface area contributed by atoms with Crippen molar-refractivity contribution >= 4 is 11.6 Å². The van der Waals surface area contributed by atoms with E-state index in [0.29, 0.717) is 6.73 Å². The largest absolute Gasteiger partial charge is 0.361 e. The lowest BCUT2D eigenvalue weighted by atomic mass is 10.1. The van der Waals surface area contributed by atoms with E-state index < -0.39 is 0 Å². The summed E-state index contributed by atoms with van der Waals surface area (Å²) >= 11 is 6.16. The van der Waals surface area contributed by atoms with Gasteiger partial charge in [-0.25, -0.2) is 0 Å². The average Bonchev–Trinajstić information content (AvgIpc) is 2.73. The first-order chi connectivity index (χ1) is 9.25. The molecule has 0 saturated heterocycles. The van der Waals surface area contributed by atoms with Crippen molar-refractivity contribution in [2.75, 3.05) is 20.4 Å². The van der Waals surface area contributed by atoms with Crippen molar-refractivity contribution in [2.24, 2.45) is 0 Å². The highest BCUT2D eigenvalue weighted by atomic mass is 35.5. The molecule has 4 heteroatoms. The Hall–Kier alpha value is -0.410. The molecule has 0 saturated carbocycles. The summed E-state index contributed by atoms with van der Waals surface area (Å²) in [6.07, 6.45) is 14.6. The van der Waals surface area contributed by atoms with Crippen LogP contribution in [0.4, 0.5) is 0 Å². The Bertz CT molecular complexity index is 248. The zero-order valence-corrected chi connectivity index (χ0v) is 13.2. The summed E-state index contributed by atoms with van der Waals surface area (Å²) in [7, 11) is 1.96. The Morgan fingerprint density at radius 2 is 1.63 bits per heavy atom. The molecule has 3 nitrogen and oxygen atoms in total. The van der Waals surface area contributed by atoms with Crippen molar-refractivity contribution in [1.29, 1.82) is 0 Å². The molecule has 1 aliphatic rings. The summed E-state index contributed by atoms with van der Waals surface area (Å²) < 4.78 is 5.64. The lowest BCUT2D eigenvalue weighted by Gasteiger charge is -2.24. The maximum Gasteiger partial charge on any atom is 0.181 e. The predicted molar refractivity (Wildman–Crippen MR) is 81.8 cm³/mol. The molecule has 0 N–H and O–H groups in total. The summed E-state index contributed by atoms with van der Waals surface area (Å²) in [6.45, 7) is 3.69. The van der Waals surface area contributed by atoms with Gasteiger partial charge in [-0.3, -0.25) is 0 Å². The van der Waals surface area contributed by atoms with Gasteiger partial charge in [-0.15, -0.1) is 0 Å². The molecule has 0 aromatic carbocycles. The van der Waals surface area contributed by atoms with Gasteiger partial charge in [0.1, 0.15) is 6.73 Å². The van der Waals surface area contributed by atoms with Crippen molar-refractivity contribution in [2.45, 2.75) is 63.9 Å². The summed E-state index contributed by atoms with van der Waals surface area (Å²) in [5.41, 5.74) is -0.0986. The standard InChI is InChI=1S/C15H29ClN2O/c1-3-4-5-6-7-8-9-10-13-19-14-18-12-11-17(2)15(18)16/h11-12,15H,3-10,13-14H2,1-2H3. The third-order valence-corrected chi connectivity index (χ3v) is 4.04. The third kappa shape index (κ3) is 7.07. The molecule has 0 amide bonds. The minimum Gasteiger partial charge on any atom is -0.361 e. The van der Waals surface area contributed by atoms with Gasteiger partial charge in [0.25, 0.3) is 0 Å². The molecule has 1 heterocycles. The van der Waals surface area contributed by atoms with Crippen LogP contribution in [-0.4, -0.2) is 35.8 Å². The molecule has 1 unspecified atom stereocenters. The SMILES string of the molecule is CCCCCCCCCCOCN1C=CN(C)C1Cl. The fourth-order valence-corrected chi connectivity index (χ4v) is 2.37. The van der Waals surface area contributed by atoms with Crippen LogP contribution in [0.5, 0.6) is 0 Å². The highest BCUT2D eigenvalue weighted by molar-refractivity contribution is 6.20. The summed E-state index contributed by atoms with van der Waals surface area (Å²) in [5.74, 6) is 0. The average molecular weight is 289 g/mol. The number of alkyl halides is 1. The monoisotopic (exact) mass is 288 g/mol. The molecule has 19 heavy (non-hydrogen) atoms. The summed E-state index contributed by atoms with van der Waals surface area (Å²) in [4.78, 5) is 3.95.